The van der Waals surface area contributed by atoms with Gasteiger partial charge in [-0.25, -0.2) is 0 Å². The van der Waals surface area contributed by atoms with Crippen LogP contribution in [0.5, 0.6) is 0 Å². The first-order valence-corrected chi connectivity index (χ1v) is 6.85. The van der Waals surface area contributed by atoms with Gasteiger partial charge < -0.3 is 16.0 Å². The minimum Gasteiger partial charge on any atom is -0.332 e. The summed E-state index contributed by atoms with van der Waals surface area (Å²) in [5, 5.41) is 2.80. The summed E-state index contributed by atoms with van der Waals surface area (Å²) in [4.78, 5) is 25.4. The van der Waals surface area contributed by atoms with E-state index < -0.39 is 0 Å². The van der Waals surface area contributed by atoms with Crippen molar-refractivity contribution in [3.63, 3.8) is 0 Å². The van der Waals surface area contributed by atoms with Crippen LogP contribution >= 0.6 is 0 Å². The summed E-state index contributed by atoms with van der Waals surface area (Å²) in [6.07, 6.45) is 0.416. The van der Waals surface area contributed by atoms with Crippen molar-refractivity contribution in [1.82, 2.24) is 4.90 Å². The predicted molar refractivity (Wildman–Crippen MR) is 78.1 cm³/mol. The van der Waals surface area contributed by atoms with E-state index in [1.165, 1.54) is 4.90 Å². The summed E-state index contributed by atoms with van der Waals surface area (Å²) < 4.78 is 0. The maximum atomic E-state index is 12.0. The number of benzene rings is 1. The van der Waals surface area contributed by atoms with E-state index in [1.54, 1.807) is 0 Å². The molecule has 1 aromatic rings. The summed E-state index contributed by atoms with van der Waals surface area (Å²) in [7, 11) is 0. The first kappa shape index (κ1) is 14.5. The summed E-state index contributed by atoms with van der Waals surface area (Å²) in [5.41, 5.74) is 7.78. The van der Waals surface area contributed by atoms with Crippen molar-refractivity contribution >= 4 is 17.5 Å². The smallest absolute Gasteiger partial charge is 0.243 e. The molecule has 5 nitrogen and oxygen atoms in total. The lowest BCUT2D eigenvalue weighted by molar-refractivity contribution is -0.138. The summed E-state index contributed by atoms with van der Waals surface area (Å²) >= 11 is 0. The molecule has 5 heteroatoms. The number of piperidine rings is 1. The topological polar surface area (TPSA) is 75.4 Å². The lowest BCUT2D eigenvalue weighted by Crippen LogP contribution is -2.52. The Morgan fingerprint density at radius 3 is 2.95 bits per heavy atom. The van der Waals surface area contributed by atoms with Gasteiger partial charge in [-0.2, -0.15) is 0 Å². The zero-order valence-corrected chi connectivity index (χ0v) is 11.9. The molecule has 2 amide bonds. The predicted octanol–water partition coefficient (Wildman–Crippen LogP) is 1.13. The largest absolute Gasteiger partial charge is 0.332 e. The van der Waals surface area contributed by atoms with Gasteiger partial charge in [0.25, 0.3) is 0 Å². The van der Waals surface area contributed by atoms with Crippen molar-refractivity contribution in [3.05, 3.63) is 29.8 Å². The average Bonchev–Trinajstić information content (AvgIpc) is 2.36. The van der Waals surface area contributed by atoms with Crippen LogP contribution in [-0.4, -0.2) is 35.8 Å². The summed E-state index contributed by atoms with van der Waals surface area (Å²) in [5.74, 6) is -0.0112. The van der Waals surface area contributed by atoms with Crippen LogP contribution in [0, 0.1) is 12.8 Å². The number of nitrogens with one attached hydrogen (secondary N) is 1. The van der Waals surface area contributed by atoms with Crippen LogP contribution in [0.1, 0.15) is 18.9 Å². The van der Waals surface area contributed by atoms with Gasteiger partial charge in [0.15, 0.2) is 0 Å². The maximum Gasteiger partial charge on any atom is 0.243 e. The molecular weight excluding hydrogens is 254 g/mol. The molecule has 0 saturated carbocycles. The molecule has 1 heterocycles. The van der Waals surface area contributed by atoms with Gasteiger partial charge in [-0.3, -0.25) is 9.59 Å². The molecule has 0 spiro atoms. The quantitative estimate of drug-likeness (QED) is 0.868. The molecule has 3 N–H and O–H groups in total. The molecule has 2 rings (SSSR count). The minimum absolute atomic E-state index is 0.00130. The van der Waals surface area contributed by atoms with E-state index in [9.17, 15) is 9.59 Å². The van der Waals surface area contributed by atoms with Gasteiger partial charge in [-0.05, 0) is 30.5 Å². The number of carbonyl (C=O) groups excluding carboxylic acids is 2. The van der Waals surface area contributed by atoms with E-state index in [0.29, 0.717) is 13.0 Å². The Kier molecular flexibility index (Phi) is 4.39. The van der Waals surface area contributed by atoms with Crippen molar-refractivity contribution in [2.45, 2.75) is 26.3 Å². The van der Waals surface area contributed by atoms with E-state index in [4.69, 9.17) is 5.73 Å². The Morgan fingerprint density at radius 1 is 1.50 bits per heavy atom. The normalized spacial score (nSPS) is 22.8. The molecule has 20 heavy (non-hydrogen) atoms. The lowest BCUT2D eigenvalue weighted by atomic mass is 9.94. The van der Waals surface area contributed by atoms with Gasteiger partial charge in [-0.15, -0.1) is 0 Å². The molecule has 1 aromatic carbocycles. The van der Waals surface area contributed by atoms with Crippen LogP contribution in [0.2, 0.25) is 0 Å². The van der Waals surface area contributed by atoms with Crippen LogP contribution in [-0.2, 0) is 9.59 Å². The number of rotatable bonds is 3. The van der Waals surface area contributed by atoms with Gasteiger partial charge in [0.2, 0.25) is 11.8 Å². The number of nitrogens with zero attached hydrogens (tertiary/aromatic N) is 1. The van der Waals surface area contributed by atoms with Crippen molar-refractivity contribution in [2.75, 3.05) is 18.4 Å². The van der Waals surface area contributed by atoms with Crippen LogP contribution in [0.3, 0.4) is 0 Å². The van der Waals surface area contributed by atoms with Gasteiger partial charge >= 0.3 is 0 Å². The number of anilines is 1. The van der Waals surface area contributed by atoms with Crippen LogP contribution < -0.4 is 11.1 Å². The third-order valence-electron chi connectivity index (χ3n) is 3.65. The molecule has 0 aliphatic carbocycles. The van der Waals surface area contributed by atoms with Crippen molar-refractivity contribution in [3.8, 4) is 0 Å². The number of nitrogens with two attached hydrogens (primary N) is 1. The first-order chi connectivity index (χ1) is 9.45. The van der Waals surface area contributed by atoms with Gasteiger partial charge in [0, 0.05) is 24.7 Å². The maximum absolute atomic E-state index is 12.0. The number of aryl methyl sites for hydroxylation is 1. The van der Waals surface area contributed by atoms with E-state index in [0.717, 1.165) is 11.3 Å². The fraction of sp³-hybridized carbons (Fsp3) is 0.467. The van der Waals surface area contributed by atoms with E-state index in [2.05, 4.69) is 5.32 Å². The molecule has 1 saturated heterocycles. The second-order valence-corrected chi connectivity index (χ2v) is 5.54. The molecule has 1 aliphatic rings. The molecule has 1 aliphatic heterocycles. The number of carbonyl (C=O) groups is 2. The lowest BCUT2D eigenvalue weighted by Gasteiger charge is -2.34. The highest BCUT2D eigenvalue weighted by Crippen LogP contribution is 2.17. The highest BCUT2D eigenvalue weighted by atomic mass is 16.2. The fourth-order valence-electron chi connectivity index (χ4n) is 2.34. The molecule has 0 aromatic heterocycles. The van der Waals surface area contributed by atoms with Crippen molar-refractivity contribution in [1.29, 1.82) is 0 Å². The fourth-order valence-corrected chi connectivity index (χ4v) is 2.34. The van der Waals surface area contributed by atoms with Crippen molar-refractivity contribution < 1.29 is 9.59 Å². The number of hydrogen-bond donors (Lipinski definition) is 2. The molecule has 0 radical (unpaired) electrons. The average molecular weight is 275 g/mol. The molecule has 1 fully saturated rings. The third kappa shape index (κ3) is 3.57. The van der Waals surface area contributed by atoms with Crippen LogP contribution in [0.4, 0.5) is 5.69 Å². The molecule has 0 bridgehead atoms. The molecule has 2 atom stereocenters. The third-order valence-corrected chi connectivity index (χ3v) is 3.65. The highest BCUT2D eigenvalue weighted by molar-refractivity contribution is 5.94. The van der Waals surface area contributed by atoms with Crippen molar-refractivity contribution in [2.24, 2.45) is 11.7 Å². The Balaban J connectivity index is 1.93. The van der Waals surface area contributed by atoms with Gasteiger partial charge in [-0.1, -0.05) is 19.1 Å². The monoisotopic (exact) mass is 275 g/mol. The number of hydrogen-bond acceptors (Lipinski definition) is 3. The molecule has 108 valence electrons. The Hall–Kier alpha value is -1.88. The Labute approximate surface area is 119 Å². The van der Waals surface area contributed by atoms with E-state index in [-0.39, 0.29) is 30.3 Å². The second kappa shape index (κ2) is 6.05. The minimum atomic E-state index is -0.189. The Bertz CT molecular complexity index is 516. The second-order valence-electron chi connectivity index (χ2n) is 5.54. The Morgan fingerprint density at radius 2 is 2.25 bits per heavy atom. The standard InChI is InChI=1S/C15H21N3O2/c1-10-4-3-5-12(6-10)17-14(19)9-18-8-13(16)11(2)7-15(18)20/h3-6,11,13H,7-9,16H2,1-2H3,(H,17,19). The van der Waals surface area contributed by atoms with E-state index in [1.807, 2.05) is 38.1 Å². The number of amides is 2. The number of likely N-dealkylation sites (tertiary alicyclic amines) is 1. The zero-order chi connectivity index (χ0) is 14.7. The van der Waals surface area contributed by atoms with Gasteiger partial charge in [0.05, 0.1) is 6.54 Å². The van der Waals surface area contributed by atoms with Crippen LogP contribution in [0.25, 0.3) is 0 Å². The van der Waals surface area contributed by atoms with Gasteiger partial charge in [0.1, 0.15) is 0 Å². The zero-order valence-electron chi connectivity index (χ0n) is 11.9. The molecular formula is C15H21N3O2. The van der Waals surface area contributed by atoms with E-state index >= 15 is 0 Å². The van der Waals surface area contributed by atoms with Crippen LogP contribution in [0.15, 0.2) is 24.3 Å². The summed E-state index contributed by atoms with van der Waals surface area (Å²) in [6.45, 7) is 4.44. The first-order valence-electron chi connectivity index (χ1n) is 6.85. The molecule has 2 unspecified atom stereocenters. The SMILES string of the molecule is Cc1cccc(NC(=O)CN2CC(N)C(C)CC2=O)c1. The highest BCUT2D eigenvalue weighted by Gasteiger charge is 2.30. The summed E-state index contributed by atoms with van der Waals surface area (Å²) in [6, 6.07) is 7.51.